The molecule has 2 atom stereocenters. The van der Waals surface area contributed by atoms with E-state index in [-0.39, 0.29) is 5.91 Å². The Morgan fingerprint density at radius 2 is 2.04 bits per heavy atom. The van der Waals surface area contributed by atoms with Crippen LogP contribution in [0.3, 0.4) is 0 Å². The summed E-state index contributed by atoms with van der Waals surface area (Å²) in [7, 11) is 1.81. The third-order valence-electron chi connectivity index (χ3n) is 5.31. The van der Waals surface area contributed by atoms with Crippen LogP contribution in [0.2, 0.25) is 0 Å². The Hall–Kier alpha value is -1.46. The third kappa shape index (κ3) is 3.26. The van der Waals surface area contributed by atoms with E-state index in [2.05, 4.69) is 23.7 Å². The molecule has 0 bridgehead atoms. The summed E-state index contributed by atoms with van der Waals surface area (Å²) < 4.78 is 5.64. The first-order valence-corrected chi connectivity index (χ1v) is 8.60. The first kappa shape index (κ1) is 16.4. The van der Waals surface area contributed by atoms with Crippen LogP contribution < -0.4 is 0 Å². The highest BCUT2D eigenvalue weighted by Crippen LogP contribution is 2.35. The van der Waals surface area contributed by atoms with Gasteiger partial charge in [0.15, 0.2) is 0 Å². The van der Waals surface area contributed by atoms with Crippen LogP contribution in [0.25, 0.3) is 0 Å². The van der Waals surface area contributed by atoms with Crippen LogP contribution in [0, 0.1) is 5.92 Å². The van der Waals surface area contributed by atoms with E-state index in [1.165, 1.54) is 0 Å². The fraction of sp³-hybridized carbons (Fsp3) is 0.667. The molecule has 2 fully saturated rings. The zero-order valence-corrected chi connectivity index (χ0v) is 14.3. The quantitative estimate of drug-likeness (QED) is 0.852. The van der Waals surface area contributed by atoms with E-state index in [4.69, 9.17) is 4.74 Å². The average molecular weight is 317 g/mol. The Morgan fingerprint density at radius 1 is 1.30 bits per heavy atom. The van der Waals surface area contributed by atoms with Crippen molar-refractivity contribution in [3.8, 4) is 0 Å². The van der Waals surface area contributed by atoms with Gasteiger partial charge in [-0.25, -0.2) is 0 Å². The van der Waals surface area contributed by atoms with Gasteiger partial charge in [0.1, 0.15) is 5.69 Å². The Bertz CT molecular complexity index is 526. The van der Waals surface area contributed by atoms with Gasteiger partial charge in [-0.3, -0.25) is 14.7 Å². The van der Waals surface area contributed by atoms with E-state index in [9.17, 15) is 4.79 Å². The zero-order chi connectivity index (χ0) is 16.4. The van der Waals surface area contributed by atoms with Crippen molar-refractivity contribution in [1.29, 1.82) is 0 Å². The maximum absolute atomic E-state index is 12.5. The normalized spacial score (nSPS) is 26.3. The number of ether oxygens (including phenoxy) is 1. The number of carbonyl (C=O) groups is 1. The van der Waals surface area contributed by atoms with Crippen molar-refractivity contribution < 1.29 is 9.53 Å². The number of amides is 1. The molecular formula is C18H27N3O2. The number of pyridine rings is 1. The maximum atomic E-state index is 12.5. The molecule has 2 saturated heterocycles. The molecule has 0 aromatic carbocycles. The highest BCUT2D eigenvalue weighted by Gasteiger charge is 2.45. The summed E-state index contributed by atoms with van der Waals surface area (Å²) >= 11 is 0. The lowest BCUT2D eigenvalue weighted by atomic mass is 9.79. The second kappa shape index (κ2) is 6.97. The number of rotatable bonds is 4. The summed E-state index contributed by atoms with van der Waals surface area (Å²) in [5, 5.41) is 0. The molecule has 5 heteroatoms. The topological polar surface area (TPSA) is 45.7 Å². The number of hydrogen-bond acceptors (Lipinski definition) is 4. The molecule has 1 aromatic heterocycles. The molecule has 2 aliphatic heterocycles. The first-order valence-electron chi connectivity index (χ1n) is 8.60. The van der Waals surface area contributed by atoms with E-state index >= 15 is 0 Å². The average Bonchev–Trinajstić information content (AvgIpc) is 2.55. The Balaban J connectivity index is 1.59. The lowest BCUT2D eigenvalue weighted by molar-refractivity contribution is -0.128. The van der Waals surface area contributed by atoms with E-state index < -0.39 is 0 Å². The van der Waals surface area contributed by atoms with Gasteiger partial charge < -0.3 is 9.64 Å². The molecule has 0 saturated carbocycles. The Kier molecular flexibility index (Phi) is 4.97. The molecule has 0 radical (unpaired) electrons. The van der Waals surface area contributed by atoms with Gasteiger partial charge in [-0.1, -0.05) is 6.07 Å². The van der Waals surface area contributed by atoms with Crippen LogP contribution >= 0.6 is 0 Å². The van der Waals surface area contributed by atoms with Crippen LogP contribution in [0.1, 0.15) is 37.2 Å². The summed E-state index contributed by atoms with van der Waals surface area (Å²) in [6.45, 7) is 7.17. The molecule has 126 valence electrons. The number of methoxy groups -OCH3 is 1. The van der Waals surface area contributed by atoms with Crippen LogP contribution in [-0.4, -0.2) is 65.6 Å². The summed E-state index contributed by atoms with van der Waals surface area (Å²) in [5.74, 6) is 0.672. The lowest BCUT2D eigenvalue weighted by Gasteiger charge is -2.54. The first-order chi connectivity index (χ1) is 11.1. The number of carbonyl (C=O) groups excluding carboxylic acids is 1. The van der Waals surface area contributed by atoms with Gasteiger partial charge >= 0.3 is 0 Å². The number of aromatic nitrogens is 1. The molecule has 1 aromatic rings. The largest absolute Gasteiger partial charge is 0.378 e. The van der Waals surface area contributed by atoms with E-state index in [1.807, 2.05) is 24.1 Å². The number of hydrogen-bond donors (Lipinski definition) is 0. The molecule has 0 aliphatic carbocycles. The van der Waals surface area contributed by atoms with Crippen molar-refractivity contribution in [2.24, 2.45) is 5.92 Å². The van der Waals surface area contributed by atoms with Crippen molar-refractivity contribution in [3.63, 3.8) is 0 Å². The molecule has 2 aliphatic rings. The number of piperidine rings is 1. The van der Waals surface area contributed by atoms with Crippen LogP contribution in [0.15, 0.2) is 24.4 Å². The van der Waals surface area contributed by atoms with Crippen molar-refractivity contribution in [2.45, 2.75) is 44.9 Å². The lowest BCUT2D eigenvalue weighted by Crippen LogP contribution is -2.66. The minimum Gasteiger partial charge on any atom is -0.378 e. The van der Waals surface area contributed by atoms with Gasteiger partial charge in [0.25, 0.3) is 5.91 Å². The second-order valence-electron chi connectivity index (χ2n) is 6.90. The summed E-state index contributed by atoms with van der Waals surface area (Å²) in [6.07, 6.45) is 4.12. The van der Waals surface area contributed by atoms with E-state index in [0.717, 1.165) is 32.5 Å². The standard InChI is InChI=1S/C18H27N3O2/c1-13(2)21-12-16(23-3)17(21)14-7-10-20(11-8-14)18(22)15-6-4-5-9-19-15/h4-6,9,13-14,16-17H,7-8,10-12H2,1-3H3/t16-,17-/m0/s1. The maximum Gasteiger partial charge on any atom is 0.272 e. The highest BCUT2D eigenvalue weighted by atomic mass is 16.5. The molecule has 1 amide bonds. The SMILES string of the molecule is CO[C@H]1CN(C(C)C)[C@H]1C1CCN(C(=O)c2ccccn2)CC1. The molecular weight excluding hydrogens is 290 g/mol. The van der Waals surface area contributed by atoms with Crippen molar-refractivity contribution >= 4 is 5.91 Å². The fourth-order valence-electron chi connectivity index (χ4n) is 3.95. The predicted octanol–water partition coefficient (Wildman–Crippen LogP) is 2.04. The zero-order valence-electron chi connectivity index (χ0n) is 14.3. The number of likely N-dealkylation sites (tertiary alicyclic amines) is 2. The fourth-order valence-corrected chi connectivity index (χ4v) is 3.95. The van der Waals surface area contributed by atoms with Gasteiger partial charge in [0, 0.05) is 45.0 Å². The van der Waals surface area contributed by atoms with Crippen molar-refractivity contribution in [2.75, 3.05) is 26.7 Å². The van der Waals surface area contributed by atoms with Crippen LogP contribution in [-0.2, 0) is 4.74 Å². The van der Waals surface area contributed by atoms with Crippen LogP contribution in [0.4, 0.5) is 0 Å². The summed E-state index contributed by atoms with van der Waals surface area (Å²) in [4.78, 5) is 21.1. The van der Waals surface area contributed by atoms with E-state index in [1.54, 1.807) is 12.3 Å². The highest BCUT2D eigenvalue weighted by molar-refractivity contribution is 5.92. The predicted molar refractivity (Wildman–Crippen MR) is 89.3 cm³/mol. The molecule has 0 unspecified atom stereocenters. The Labute approximate surface area is 138 Å². The summed E-state index contributed by atoms with van der Waals surface area (Å²) in [5.41, 5.74) is 0.549. The van der Waals surface area contributed by atoms with Crippen LogP contribution in [0.5, 0.6) is 0 Å². The van der Waals surface area contributed by atoms with Crippen molar-refractivity contribution in [1.82, 2.24) is 14.8 Å². The molecule has 3 rings (SSSR count). The monoisotopic (exact) mass is 317 g/mol. The molecule has 0 spiro atoms. The van der Waals surface area contributed by atoms with Gasteiger partial charge in [0.2, 0.25) is 0 Å². The molecule has 23 heavy (non-hydrogen) atoms. The van der Waals surface area contributed by atoms with Gasteiger partial charge in [0.05, 0.1) is 6.10 Å². The minimum atomic E-state index is 0.0571. The van der Waals surface area contributed by atoms with Gasteiger partial charge in [-0.2, -0.15) is 0 Å². The second-order valence-corrected chi connectivity index (χ2v) is 6.90. The van der Waals surface area contributed by atoms with Crippen molar-refractivity contribution in [3.05, 3.63) is 30.1 Å². The third-order valence-corrected chi connectivity index (χ3v) is 5.31. The molecule has 5 nitrogen and oxygen atoms in total. The minimum absolute atomic E-state index is 0.0571. The van der Waals surface area contributed by atoms with E-state index in [0.29, 0.717) is 29.8 Å². The molecule has 0 N–H and O–H groups in total. The number of nitrogens with zero attached hydrogens (tertiary/aromatic N) is 3. The van der Waals surface area contributed by atoms with Gasteiger partial charge in [-0.15, -0.1) is 0 Å². The summed E-state index contributed by atoms with van der Waals surface area (Å²) in [6, 6.07) is 6.56. The Morgan fingerprint density at radius 3 is 2.61 bits per heavy atom. The van der Waals surface area contributed by atoms with Gasteiger partial charge in [-0.05, 0) is 44.7 Å². The molecule has 3 heterocycles. The smallest absolute Gasteiger partial charge is 0.272 e.